The molecule has 2 aromatic rings. The summed E-state index contributed by atoms with van der Waals surface area (Å²) in [5, 5.41) is 3.35. The number of nitrogens with one attached hydrogen (secondary N) is 1. The third kappa shape index (κ3) is 2.93. The molecule has 0 unspecified atom stereocenters. The normalized spacial score (nSPS) is 19.4. The van der Waals surface area contributed by atoms with E-state index in [4.69, 9.17) is 9.47 Å². The lowest BCUT2D eigenvalue weighted by atomic mass is 10.2. The molecular weight excluding hydrogens is 312 g/mol. The van der Waals surface area contributed by atoms with Crippen LogP contribution in [0.15, 0.2) is 58.4 Å². The second-order valence-corrected chi connectivity index (χ2v) is 5.96. The van der Waals surface area contributed by atoms with Crippen molar-refractivity contribution in [2.75, 3.05) is 6.79 Å². The van der Waals surface area contributed by atoms with Crippen molar-refractivity contribution in [3.8, 4) is 11.5 Å². The van der Waals surface area contributed by atoms with Gasteiger partial charge in [-0.1, -0.05) is 24.3 Å². The van der Waals surface area contributed by atoms with Gasteiger partial charge in [0.2, 0.25) is 6.79 Å². The number of amides is 1. The molecular formula is C17H12N2O3S. The van der Waals surface area contributed by atoms with Crippen LogP contribution in [0, 0.1) is 0 Å². The van der Waals surface area contributed by atoms with Crippen molar-refractivity contribution >= 4 is 34.6 Å². The predicted octanol–water partition coefficient (Wildman–Crippen LogP) is 3.31. The Labute approximate surface area is 137 Å². The summed E-state index contributed by atoms with van der Waals surface area (Å²) in [7, 11) is 0. The fourth-order valence-electron chi connectivity index (χ4n) is 2.25. The van der Waals surface area contributed by atoms with Gasteiger partial charge < -0.3 is 14.8 Å². The number of aliphatic imine (C=N–C) groups is 1. The quantitative estimate of drug-likeness (QED) is 0.861. The molecule has 0 aliphatic carbocycles. The zero-order valence-electron chi connectivity index (χ0n) is 12.0. The van der Waals surface area contributed by atoms with Gasteiger partial charge in [0.05, 0.1) is 10.6 Å². The fourth-order valence-corrected chi connectivity index (χ4v) is 3.10. The molecule has 1 N–H and O–H groups in total. The molecule has 2 aliphatic heterocycles. The Morgan fingerprint density at radius 2 is 1.91 bits per heavy atom. The number of amidine groups is 1. The van der Waals surface area contributed by atoms with Crippen LogP contribution < -0.4 is 14.8 Å². The van der Waals surface area contributed by atoms with E-state index in [1.807, 2.05) is 54.6 Å². The number of para-hydroxylation sites is 1. The van der Waals surface area contributed by atoms with Crippen molar-refractivity contribution in [2.24, 2.45) is 4.99 Å². The van der Waals surface area contributed by atoms with E-state index in [9.17, 15) is 4.79 Å². The zero-order valence-corrected chi connectivity index (χ0v) is 12.8. The lowest BCUT2D eigenvalue weighted by molar-refractivity contribution is -0.115. The predicted molar refractivity (Wildman–Crippen MR) is 89.8 cm³/mol. The van der Waals surface area contributed by atoms with Gasteiger partial charge in [-0.2, -0.15) is 0 Å². The summed E-state index contributed by atoms with van der Waals surface area (Å²) < 4.78 is 10.6. The van der Waals surface area contributed by atoms with Gasteiger partial charge in [-0.3, -0.25) is 4.79 Å². The topological polar surface area (TPSA) is 59.9 Å². The van der Waals surface area contributed by atoms with Crippen LogP contribution in [0.4, 0.5) is 5.69 Å². The minimum Gasteiger partial charge on any atom is -0.454 e. The number of carbonyl (C=O) groups is 1. The average molecular weight is 324 g/mol. The lowest BCUT2D eigenvalue weighted by Crippen LogP contribution is -2.19. The Hall–Kier alpha value is -2.73. The van der Waals surface area contributed by atoms with Gasteiger partial charge in [-0.25, -0.2) is 4.99 Å². The number of hydrogen-bond donors (Lipinski definition) is 1. The highest BCUT2D eigenvalue weighted by molar-refractivity contribution is 8.18. The summed E-state index contributed by atoms with van der Waals surface area (Å²) in [6, 6.07) is 15.1. The second kappa shape index (κ2) is 5.81. The molecule has 2 heterocycles. The van der Waals surface area contributed by atoms with Crippen LogP contribution in [0.3, 0.4) is 0 Å². The van der Waals surface area contributed by atoms with E-state index in [0.717, 1.165) is 17.0 Å². The van der Waals surface area contributed by atoms with E-state index in [0.29, 0.717) is 15.8 Å². The number of thioether (sulfide) groups is 1. The first-order valence-electron chi connectivity index (χ1n) is 7.02. The van der Waals surface area contributed by atoms with Crippen LogP contribution in [0.1, 0.15) is 5.56 Å². The summed E-state index contributed by atoms with van der Waals surface area (Å²) in [5.41, 5.74) is 1.69. The van der Waals surface area contributed by atoms with E-state index in [1.165, 1.54) is 11.8 Å². The van der Waals surface area contributed by atoms with E-state index < -0.39 is 0 Å². The van der Waals surface area contributed by atoms with Gasteiger partial charge in [-0.05, 0) is 47.7 Å². The fraction of sp³-hybridized carbons (Fsp3) is 0.0588. The first kappa shape index (κ1) is 13.9. The molecule has 1 fully saturated rings. The molecule has 2 aliphatic rings. The summed E-state index contributed by atoms with van der Waals surface area (Å²) in [4.78, 5) is 17.1. The number of benzene rings is 2. The van der Waals surface area contributed by atoms with Gasteiger partial charge in [0, 0.05) is 0 Å². The molecule has 1 saturated heterocycles. The van der Waals surface area contributed by atoms with E-state index in [1.54, 1.807) is 0 Å². The highest BCUT2D eigenvalue weighted by Gasteiger charge is 2.24. The third-order valence-corrected chi connectivity index (χ3v) is 4.24. The molecule has 0 bridgehead atoms. The van der Waals surface area contributed by atoms with Crippen LogP contribution in [0.5, 0.6) is 11.5 Å². The number of nitrogens with zero attached hydrogens (tertiary/aromatic N) is 1. The maximum absolute atomic E-state index is 12.1. The minimum atomic E-state index is -0.151. The first-order valence-corrected chi connectivity index (χ1v) is 7.84. The lowest BCUT2D eigenvalue weighted by Gasteiger charge is -1.98. The second-order valence-electron chi connectivity index (χ2n) is 4.93. The van der Waals surface area contributed by atoms with Crippen LogP contribution in [0.25, 0.3) is 6.08 Å². The van der Waals surface area contributed by atoms with Crippen molar-refractivity contribution in [3.63, 3.8) is 0 Å². The smallest absolute Gasteiger partial charge is 0.264 e. The monoisotopic (exact) mass is 324 g/mol. The number of ether oxygens (including phenoxy) is 2. The molecule has 23 heavy (non-hydrogen) atoms. The maximum atomic E-state index is 12.1. The van der Waals surface area contributed by atoms with Crippen LogP contribution >= 0.6 is 11.8 Å². The van der Waals surface area contributed by atoms with Crippen molar-refractivity contribution in [1.29, 1.82) is 0 Å². The molecule has 2 aromatic carbocycles. The number of hydrogen-bond acceptors (Lipinski definition) is 5. The van der Waals surface area contributed by atoms with Crippen molar-refractivity contribution in [2.45, 2.75) is 0 Å². The van der Waals surface area contributed by atoms with E-state index >= 15 is 0 Å². The van der Waals surface area contributed by atoms with Crippen LogP contribution in [-0.2, 0) is 4.79 Å². The first-order chi connectivity index (χ1) is 11.3. The molecule has 4 rings (SSSR count). The Morgan fingerprint density at radius 1 is 1.09 bits per heavy atom. The van der Waals surface area contributed by atoms with Gasteiger partial charge in [-0.15, -0.1) is 0 Å². The van der Waals surface area contributed by atoms with Crippen LogP contribution in [-0.4, -0.2) is 17.9 Å². The van der Waals surface area contributed by atoms with Crippen molar-refractivity contribution in [3.05, 3.63) is 59.0 Å². The Kier molecular flexibility index (Phi) is 3.51. The zero-order chi connectivity index (χ0) is 15.6. The SMILES string of the molecule is O=C1NC(=Nc2ccccc2)S/C1=C/c1ccc2c(c1)OCO2. The third-order valence-electron chi connectivity index (χ3n) is 3.33. The molecule has 0 saturated carbocycles. The van der Waals surface area contributed by atoms with Crippen molar-refractivity contribution in [1.82, 2.24) is 5.32 Å². The Morgan fingerprint density at radius 3 is 2.78 bits per heavy atom. The summed E-state index contributed by atoms with van der Waals surface area (Å²) in [6.45, 7) is 0.235. The van der Waals surface area contributed by atoms with Crippen LogP contribution in [0.2, 0.25) is 0 Å². The average Bonchev–Trinajstić information content (AvgIpc) is 3.15. The maximum Gasteiger partial charge on any atom is 0.264 e. The molecule has 6 heteroatoms. The van der Waals surface area contributed by atoms with E-state index in [2.05, 4.69) is 10.3 Å². The molecule has 1 amide bonds. The number of rotatable bonds is 2. The highest BCUT2D eigenvalue weighted by atomic mass is 32.2. The molecule has 114 valence electrons. The van der Waals surface area contributed by atoms with Crippen molar-refractivity contribution < 1.29 is 14.3 Å². The number of carbonyl (C=O) groups excluding carboxylic acids is 1. The Bertz CT molecular complexity index is 831. The summed E-state index contributed by atoms with van der Waals surface area (Å²) in [5.74, 6) is 1.27. The Balaban J connectivity index is 1.58. The van der Waals surface area contributed by atoms with Gasteiger partial charge in [0.1, 0.15) is 0 Å². The standard InChI is InChI=1S/C17H12N2O3S/c20-16-15(9-11-6-7-13-14(8-11)22-10-21-13)23-17(19-16)18-12-4-2-1-3-5-12/h1-9H,10H2,(H,18,19,20)/b15-9+. The molecule has 0 radical (unpaired) electrons. The van der Waals surface area contributed by atoms with Gasteiger partial charge >= 0.3 is 0 Å². The summed E-state index contributed by atoms with van der Waals surface area (Å²) >= 11 is 1.32. The minimum absolute atomic E-state index is 0.151. The number of fused-ring (bicyclic) bond motifs is 1. The van der Waals surface area contributed by atoms with Gasteiger partial charge in [0.25, 0.3) is 5.91 Å². The van der Waals surface area contributed by atoms with E-state index in [-0.39, 0.29) is 12.7 Å². The molecule has 0 atom stereocenters. The highest BCUT2D eigenvalue weighted by Crippen LogP contribution is 2.34. The largest absolute Gasteiger partial charge is 0.454 e. The molecule has 5 nitrogen and oxygen atoms in total. The molecule has 0 spiro atoms. The van der Waals surface area contributed by atoms with Gasteiger partial charge in [0.15, 0.2) is 16.7 Å². The summed E-state index contributed by atoms with van der Waals surface area (Å²) in [6.07, 6.45) is 1.81. The molecule has 0 aromatic heterocycles.